The molecule has 45 heavy (non-hydrogen) atoms. The Kier molecular flexibility index (Phi) is 9.00. The second kappa shape index (κ2) is 13.3. The molecule has 2 N–H and O–H groups in total. The summed E-state index contributed by atoms with van der Waals surface area (Å²) in [6, 6.07) is 15.0. The van der Waals surface area contributed by atoms with Crippen LogP contribution in [0.2, 0.25) is 0 Å². The Hall–Kier alpha value is -4.47. The summed E-state index contributed by atoms with van der Waals surface area (Å²) in [5.74, 6) is 0.577. The van der Waals surface area contributed by atoms with E-state index in [0.29, 0.717) is 33.9 Å². The maximum atomic E-state index is 12.7. The van der Waals surface area contributed by atoms with Gasteiger partial charge in [-0.05, 0) is 51.1 Å². The Morgan fingerprint density at radius 2 is 1.78 bits per heavy atom. The number of hydrogen-bond donors (Lipinski definition) is 2. The molecule has 1 aliphatic rings. The van der Waals surface area contributed by atoms with E-state index in [2.05, 4.69) is 35.2 Å². The summed E-state index contributed by atoms with van der Waals surface area (Å²) in [7, 11) is -1.53. The van der Waals surface area contributed by atoms with Gasteiger partial charge in [0.05, 0.1) is 23.8 Å². The van der Waals surface area contributed by atoms with Crippen molar-refractivity contribution in [2.45, 2.75) is 37.3 Å². The van der Waals surface area contributed by atoms with E-state index >= 15 is 0 Å². The van der Waals surface area contributed by atoms with Crippen molar-refractivity contribution >= 4 is 56.1 Å². The van der Waals surface area contributed by atoms with Crippen LogP contribution in [-0.2, 0) is 22.3 Å². The lowest BCUT2D eigenvalue weighted by molar-refractivity contribution is 0.0142. The van der Waals surface area contributed by atoms with Crippen molar-refractivity contribution in [1.82, 2.24) is 39.7 Å². The SMILES string of the molecule is CC(C)(C)OC(=O)N1CCN(CCn2cc(-c3cnc4ccc(Nc5nnc(S(=O)Nc6ccccc6)s5)nc4c3)cn2)CC1. The molecule has 4 aromatic heterocycles. The van der Waals surface area contributed by atoms with Gasteiger partial charge >= 0.3 is 6.09 Å². The van der Waals surface area contributed by atoms with E-state index < -0.39 is 16.6 Å². The first-order valence-corrected chi connectivity index (χ1v) is 16.5. The van der Waals surface area contributed by atoms with Crippen LogP contribution < -0.4 is 10.0 Å². The van der Waals surface area contributed by atoms with Gasteiger partial charge in [-0.3, -0.25) is 19.3 Å². The lowest BCUT2D eigenvalue weighted by atomic mass is 10.1. The minimum absolute atomic E-state index is 0.251. The average Bonchev–Trinajstić information content (AvgIpc) is 3.70. The Morgan fingerprint density at radius 3 is 2.56 bits per heavy atom. The van der Waals surface area contributed by atoms with Crippen molar-refractivity contribution in [3.05, 3.63) is 67.1 Å². The van der Waals surface area contributed by atoms with E-state index in [4.69, 9.17) is 9.72 Å². The van der Waals surface area contributed by atoms with Gasteiger partial charge in [-0.1, -0.05) is 29.5 Å². The standard InChI is InChI=1S/C30H34N10O3S2/c1-30(2,3)43-29(41)39-14-11-38(12-15-39)13-16-40-20-22(19-32-40)21-17-25-24(31-18-21)9-10-26(33-25)34-27-35-36-28(44-27)45(42)37-23-7-5-4-6-8-23/h4-10,17-20,37H,11-16H2,1-3H3,(H,33,34,35). The second-order valence-electron chi connectivity index (χ2n) is 11.5. The lowest BCUT2D eigenvalue weighted by Crippen LogP contribution is -2.50. The number of nitrogens with one attached hydrogen (secondary N) is 2. The minimum atomic E-state index is -1.53. The molecule has 234 valence electrons. The number of pyridine rings is 2. The monoisotopic (exact) mass is 646 g/mol. The van der Waals surface area contributed by atoms with Crippen molar-refractivity contribution in [2.75, 3.05) is 42.8 Å². The summed E-state index contributed by atoms with van der Waals surface area (Å²) in [6.07, 6.45) is 5.41. The molecule has 1 unspecified atom stereocenters. The van der Waals surface area contributed by atoms with Crippen LogP contribution in [-0.4, -0.2) is 88.4 Å². The van der Waals surface area contributed by atoms with Crippen molar-refractivity contribution < 1.29 is 13.7 Å². The first-order chi connectivity index (χ1) is 21.7. The topological polar surface area (TPSA) is 143 Å². The Labute approximate surface area is 267 Å². The third-order valence-corrected chi connectivity index (χ3v) is 9.12. The van der Waals surface area contributed by atoms with Crippen LogP contribution in [0.5, 0.6) is 0 Å². The van der Waals surface area contributed by atoms with Gasteiger partial charge in [0, 0.05) is 61.9 Å². The number of benzene rings is 1. The van der Waals surface area contributed by atoms with Crippen LogP contribution in [0.15, 0.2) is 71.5 Å². The first-order valence-electron chi connectivity index (χ1n) is 14.5. The number of piperazine rings is 1. The minimum Gasteiger partial charge on any atom is -0.444 e. The molecule has 0 aliphatic carbocycles. The van der Waals surface area contributed by atoms with E-state index in [0.717, 1.165) is 48.5 Å². The number of aromatic nitrogens is 6. The smallest absolute Gasteiger partial charge is 0.410 e. The predicted molar refractivity (Wildman–Crippen MR) is 175 cm³/mol. The van der Waals surface area contributed by atoms with Crippen LogP contribution in [0.25, 0.3) is 22.2 Å². The van der Waals surface area contributed by atoms with Crippen molar-refractivity contribution in [3.63, 3.8) is 0 Å². The molecule has 5 aromatic rings. The van der Waals surface area contributed by atoms with Crippen molar-refractivity contribution in [1.29, 1.82) is 0 Å². The molecule has 6 rings (SSSR count). The van der Waals surface area contributed by atoms with E-state index in [1.54, 1.807) is 4.90 Å². The number of hydrogen-bond acceptors (Lipinski definition) is 11. The molecule has 1 amide bonds. The molecule has 1 saturated heterocycles. The summed E-state index contributed by atoms with van der Waals surface area (Å²) in [5.41, 5.74) is 3.57. The largest absolute Gasteiger partial charge is 0.444 e. The highest BCUT2D eigenvalue weighted by molar-refractivity contribution is 7.88. The molecular formula is C30H34N10O3S2. The highest BCUT2D eigenvalue weighted by Gasteiger charge is 2.25. The quantitative estimate of drug-likeness (QED) is 0.230. The van der Waals surface area contributed by atoms with Crippen LogP contribution in [0, 0.1) is 0 Å². The van der Waals surface area contributed by atoms with Gasteiger partial charge in [0.25, 0.3) is 0 Å². The number of anilines is 3. The summed E-state index contributed by atoms with van der Waals surface area (Å²) >= 11 is 1.19. The Balaban J connectivity index is 1.04. The highest BCUT2D eigenvalue weighted by atomic mass is 32.2. The van der Waals surface area contributed by atoms with E-state index in [-0.39, 0.29) is 6.09 Å². The molecule has 0 radical (unpaired) electrons. The molecule has 0 saturated carbocycles. The number of ether oxygens (including phenoxy) is 1. The normalized spacial score (nSPS) is 14.8. The molecule has 15 heteroatoms. The summed E-state index contributed by atoms with van der Waals surface area (Å²) < 4.78 is 23.3. The van der Waals surface area contributed by atoms with Crippen LogP contribution in [0.4, 0.5) is 21.4 Å². The highest BCUT2D eigenvalue weighted by Crippen LogP contribution is 2.26. The fourth-order valence-electron chi connectivity index (χ4n) is 4.70. The third-order valence-electron chi connectivity index (χ3n) is 6.96. The number of amides is 1. The summed E-state index contributed by atoms with van der Waals surface area (Å²) in [4.78, 5) is 25.8. The van der Waals surface area contributed by atoms with Crippen molar-refractivity contribution in [2.24, 2.45) is 0 Å². The molecule has 1 aromatic carbocycles. The fourth-order valence-corrected chi connectivity index (χ4v) is 6.40. The predicted octanol–water partition coefficient (Wildman–Crippen LogP) is 4.78. The number of carbonyl (C=O) groups excluding carboxylic acids is 1. The molecule has 1 aliphatic heterocycles. The molecular weight excluding hydrogens is 613 g/mol. The van der Waals surface area contributed by atoms with E-state index in [1.807, 2.05) is 92.6 Å². The Bertz CT molecular complexity index is 1800. The summed E-state index contributed by atoms with van der Waals surface area (Å²) in [5, 5.41) is 16.4. The van der Waals surface area contributed by atoms with Gasteiger partial charge in [0.15, 0.2) is 11.0 Å². The molecule has 0 spiro atoms. The van der Waals surface area contributed by atoms with Crippen LogP contribution >= 0.6 is 11.3 Å². The van der Waals surface area contributed by atoms with Gasteiger partial charge in [-0.2, -0.15) is 5.10 Å². The number of rotatable bonds is 9. The van der Waals surface area contributed by atoms with E-state index in [9.17, 15) is 9.00 Å². The number of carbonyl (C=O) groups is 1. The molecule has 1 fully saturated rings. The number of para-hydroxylation sites is 1. The van der Waals surface area contributed by atoms with Crippen LogP contribution in [0.1, 0.15) is 20.8 Å². The average molecular weight is 647 g/mol. The van der Waals surface area contributed by atoms with Gasteiger partial charge in [-0.15, -0.1) is 10.2 Å². The third kappa shape index (κ3) is 7.98. The number of nitrogens with zero attached hydrogens (tertiary/aromatic N) is 8. The van der Waals surface area contributed by atoms with Crippen molar-refractivity contribution in [3.8, 4) is 11.1 Å². The summed E-state index contributed by atoms with van der Waals surface area (Å²) in [6.45, 7) is 10.1. The zero-order valence-electron chi connectivity index (χ0n) is 25.2. The zero-order chi connectivity index (χ0) is 31.4. The van der Waals surface area contributed by atoms with Gasteiger partial charge in [0.1, 0.15) is 11.4 Å². The fraction of sp³-hybridized carbons (Fsp3) is 0.333. The lowest BCUT2D eigenvalue weighted by Gasteiger charge is -2.35. The molecule has 5 heterocycles. The maximum Gasteiger partial charge on any atom is 0.410 e. The molecule has 1 atom stereocenters. The molecule has 13 nitrogen and oxygen atoms in total. The van der Waals surface area contributed by atoms with Crippen LogP contribution in [0.3, 0.4) is 0 Å². The van der Waals surface area contributed by atoms with Gasteiger partial charge < -0.3 is 15.0 Å². The zero-order valence-corrected chi connectivity index (χ0v) is 26.8. The molecule has 0 bridgehead atoms. The van der Waals surface area contributed by atoms with Gasteiger partial charge in [0.2, 0.25) is 9.47 Å². The first kappa shape index (κ1) is 30.6. The van der Waals surface area contributed by atoms with Gasteiger partial charge in [-0.25, -0.2) is 14.0 Å². The Morgan fingerprint density at radius 1 is 0.978 bits per heavy atom. The maximum absolute atomic E-state index is 12.7. The number of fused-ring (bicyclic) bond motifs is 1. The van der Waals surface area contributed by atoms with E-state index in [1.165, 1.54) is 11.3 Å². The second-order valence-corrected chi connectivity index (χ2v) is 13.9.